The van der Waals surface area contributed by atoms with Crippen LogP contribution in [0, 0.1) is 13.8 Å². The van der Waals surface area contributed by atoms with E-state index in [0.717, 1.165) is 54.4 Å². The first-order chi connectivity index (χ1) is 12.1. The fourth-order valence-electron chi connectivity index (χ4n) is 3.32. The minimum Gasteiger partial charge on any atom is -0.490 e. The number of carbonyl (C=O) groups excluding carboxylic acids is 1. The first-order valence-electron chi connectivity index (χ1n) is 8.54. The summed E-state index contributed by atoms with van der Waals surface area (Å²) in [5.41, 5.74) is 2.59. The summed E-state index contributed by atoms with van der Waals surface area (Å²) in [6.07, 6.45) is 5.47. The van der Waals surface area contributed by atoms with Crippen LogP contribution in [0.2, 0.25) is 0 Å². The van der Waals surface area contributed by atoms with Gasteiger partial charge < -0.3 is 9.64 Å². The minimum atomic E-state index is -0.190. The maximum atomic E-state index is 11.7. The number of anilines is 1. The zero-order valence-corrected chi connectivity index (χ0v) is 14.4. The van der Waals surface area contributed by atoms with E-state index in [4.69, 9.17) is 4.74 Å². The van der Waals surface area contributed by atoms with Crippen LogP contribution in [-0.4, -0.2) is 41.3 Å². The van der Waals surface area contributed by atoms with Gasteiger partial charge in [0.15, 0.2) is 0 Å². The fraction of sp³-hybridized carbons (Fsp3) is 0.368. The molecule has 2 aliphatic rings. The number of hydrogen-bond acceptors (Lipinski definition) is 5. The highest BCUT2D eigenvalue weighted by atomic mass is 16.5. The van der Waals surface area contributed by atoms with Gasteiger partial charge in [-0.25, -0.2) is 15.0 Å². The molecule has 6 nitrogen and oxygen atoms in total. The Hall–Kier alpha value is -2.76. The number of benzene rings is 1. The van der Waals surface area contributed by atoms with E-state index in [9.17, 15) is 4.79 Å². The van der Waals surface area contributed by atoms with Gasteiger partial charge in [0.05, 0.1) is 5.56 Å². The van der Waals surface area contributed by atoms with Crippen molar-refractivity contribution in [3.63, 3.8) is 0 Å². The van der Waals surface area contributed by atoms with E-state index in [1.807, 2.05) is 32.2 Å². The van der Waals surface area contributed by atoms with Gasteiger partial charge in [0.25, 0.3) is 5.91 Å². The first kappa shape index (κ1) is 15.7. The van der Waals surface area contributed by atoms with E-state index in [1.165, 1.54) is 0 Å². The normalized spacial score (nSPS) is 17.0. The van der Waals surface area contributed by atoms with Crippen LogP contribution >= 0.6 is 0 Å². The van der Waals surface area contributed by atoms with Crippen molar-refractivity contribution in [3.8, 4) is 5.75 Å². The molecule has 0 saturated carbocycles. The molecule has 25 heavy (non-hydrogen) atoms. The summed E-state index contributed by atoms with van der Waals surface area (Å²) in [6.45, 7) is 5.75. The van der Waals surface area contributed by atoms with Crippen molar-refractivity contribution >= 4 is 17.9 Å². The number of piperidine rings is 1. The van der Waals surface area contributed by atoms with Gasteiger partial charge in [-0.3, -0.25) is 4.79 Å². The van der Waals surface area contributed by atoms with Gasteiger partial charge in [0.1, 0.15) is 23.5 Å². The number of nitrogens with zero attached hydrogens (tertiary/aromatic N) is 4. The van der Waals surface area contributed by atoms with E-state index < -0.39 is 0 Å². The molecule has 0 spiro atoms. The smallest absolute Gasteiger partial charge is 0.277 e. The molecule has 0 N–H and O–H groups in total. The topological polar surface area (TPSA) is 67.7 Å². The van der Waals surface area contributed by atoms with Crippen LogP contribution < -0.4 is 9.64 Å². The Morgan fingerprint density at radius 2 is 2.00 bits per heavy atom. The predicted molar refractivity (Wildman–Crippen MR) is 95.7 cm³/mol. The molecule has 1 fully saturated rings. The molecular formula is C19H20N4O2. The van der Waals surface area contributed by atoms with Gasteiger partial charge in [0.2, 0.25) is 0 Å². The molecule has 1 aromatic heterocycles. The Morgan fingerprint density at radius 3 is 2.80 bits per heavy atom. The SMILES string of the molecule is Cc1ncc(C)c(N2CCC(Oc3ccc4c(c3)C(=O)N=C4)CC2)n1. The maximum absolute atomic E-state index is 11.7. The van der Waals surface area contributed by atoms with Gasteiger partial charge in [-0.05, 0) is 32.0 Å². The van der Waals surface area contributed by atoms with E-state index >= 15 is 0 Å². The number of aromatic nitrogens is 2. The van der Waals surface area contributed by atoms with Crippen LogP contribution in [0.1, 0.15) is 40.2 Å². The number of hydrogen-bond donors (Lipinski definition) is 0. The van der Waals surface area contributed by atoms with Gasteiger partial charge in [-0.1, -0.05) is 0 Å². The number of fused-ring (bicyclic) bond motifs is 1. The summed E-state index contributed by atoms with van der Waals surface area (Å²) in [7, 11) is 0. The van der Waals surface area contributed by atoms with E-state index in [-0.39, 0.29) is 12.0 Å². The Morgan fingerprint density at radius 1 is 1.20 bits per heavy atom. The van der Waals surface area contributed by atoms with Gasteiger partial charge in [-0.15, -0.1) is 0 Å². The third-order valence-electron chi connectivity index (χ3n) is 4.69. The number of carbonyl (C=O) groups is 1. The lowest BCUT2D eigenvalue weighted by atomic mass is 10.1. The number of rotatable bonds is 3. The largest absolute Gasteiger partial charge is 0.490 e. The summed E-state index contributed by atoms with van der Waals surface area (Å²) in [5.74, 6) is 2.37. The quantitative estimate of drug-likeness (QED) is 0.862. The summed E-state index contributed by atoms with van der Waals surface area (Å²) in [6, 6.07) is 5.60. The Kier molecular flexibility index (Phi) is 3.95. The molecule has 1 saturated heterocycles. The van der Waals surface area contributed by atoms with E-state index in [2.05, 4.69) is 19.9 Å². The molecular weight excluding hydrogens is 316 g/mol. The molecule has 3 heterocycles. The lowest BCUT2D eigenvalue weighted by molar-refractivity contribution is 0.101. The van der Waals surface area contributed by atoms with Crippen LogP contribution in [0.3, 0.4) is 0 Å². The van der Waals surface area contributed by atoms with Crippen LogP contribution in [-0.2, 0) is 0 Å². The molecule has 0 atom stereocenters. The summed E-state index contributed by atoms with van der Waals surface area (Å²) in [5, 5.41) is 0. The fourth-order valence-corrected chi connectivity index (χ4v) is 3.32. The highest BCUT2D eigenvalue weighted by molar-refractivity contribution is 6.13. The minimum absolute atomic E-state index is 0.148. The summed E-state index contributed by atoms with van der Waals surface area (Å²) in [4.78, 5) is 26.6. The Labute approximate surface area is 146 Å². The van der Waals surface area contributed by atoms with Crippen LogP contribution in [0.25, 0.3) is 0 Å². The van der Waals surface area contributed by atoms with Gasteiger partial charge >= 0.3 is 0 Å². The van der Waals surface area contributed by atoms with Crippen molar-refractivity contribution in [1.29, 1.82) is 0 Å². The Balaban J connectivity index is 1.40. The van der Waals surface area contributed by atoms with Crippen LogP contribution in [0.5, 0.6) is 5.75 Å². The predicted octanol–water partition coefficient (Wildman–Crippen LogP) is 2.71. The van der Waals surface area contributed by atoms with Gasteiger partial charge in [0, 0.05) is 49.5 Å². The number of aliphatic imine (C=N–C) groups is 1. The third-order valence-corrected chi connectivity index (χ3v) is 4.69. The number of amides is 1. The zero-order valence-electron chi connectivity index (χ0n) is 14.4. The molecule has 0 radical (unpaired) electrons. The number of ether oxygens (including phenoxy) is 1. The highest BCUT2D eigenvalue weighted by Crippen LogP contribution is 2.26. The molecule has 1 amide bonds. The number of aryl methyl sites for hydroxylation is 2. The second kappa shape index (κ2) is 6.27. The molecule has 2 aromatic rings. The van der Waals surface area contributed by atoms with Crippen LogP contribution in [0.4, 0.5) is 5.82 Å². The maximum Gasteiger partial charge on any atom is 0.277 e. The van der Waals surface area contributed by atoms with Crippen molar-refractivity contribution in [2.75, 3.05) is 18.0 Å². The molecule has 0 unspecified atom stereocenters. The molecule has 0 bridgehead atoms. The van der Waals surface area contributed by atoms with Crippen molar-refractivity contribution in [2.24, 2.45) is 4.99 Å². The third kappa shape index (κ3) is 3.12. The molecule has 2 aliphatic heterocycles. The van der Waals surface area contributed by atoms with E-state index in [1.54, 1.807) is 12.3 Å². The highest BCUT2D eigenvalue weighted by Gasteiger charge is 2.24. The lowest BCUT2D eigenvalue weighted by Gasteiger charge is -2.33. The van der Waals surface area contributed by atoms with Crippen molar-refractivity contribution in [1.82, 2.24) is 9.97 Å². The van der Waals surface area contributed by atoms with Crippen molar-refractivity contribution < 1.29 is 9.53 Å². The van der Waals surface area contributed by atoms with E-state index in [0.29, 0.717) is 5.56 Å². The lowest BCUT2D eigenvalue weighted by Crippen LogP contribution is -2.39. The summed E-state index contributed by atoms with van der Waals surface area (Å²) < 4.78 is 6.10. The molecule has 128 valence electrons. The molecule has 4 rings (SSSR count). The monoisotopic (exact) mass is 336 g/mol. The van der Waals surface area contributed by atoms with Crippen molar-refractivity contribution in [3.05, 3.63) is 46.9 Å². The zero-order chi connectivity index (χ0) is 17.4. The summed E-state index contributed by atoms with van der Waals surface area (Å²) >= 11 is 0. The first-order valence-corrected chi connectivity index (χ1v) is 8.54. The van der Waals surface area contributed by atoms with Crippen LogP contribution in [0.15, 0.2) is 29.4 Å². The second-order valence-electron chi connectivity index (χ2n) is 6.54. The average molecular weight is 336 g/mol. The average Bonchev–Trinajstić information content (AvgIpc) is 2.99. The van der Waals surface area contributed by atoms with Crippen molar-refractivity contribution in [2.45, 2.75) is 32.8 Å². The second-order valence-corrected chi connectivity index (χ2v) is 6.54. The molecule has 0 aliphatic carbocycles. The Bertz CT molecular complexity index is 854. The standard InChI is InChI=1S/C19H20N4O2/c1-12-10-20-13(2)22-18(12)23-7-5-15(6-8-23)25-16-4-3-14-11-21-19(24)17(14)9-16/h3-4,9-11,15H,5-8H2,1-2H3. The molecule has 1 aromatic carbocycles. The molecule has 6 heteroatoms. The van der Waals surface area contributed by atoms with Gasteiger partial charge in [-0.2, -0.15) is 0 Å².